The summed E-state index contributed by atoms with van der Waals surface area (Å²) in [5.41, 5.74) is 0.272. The molecular formula is C27H39ClFNO3. The van der Waals surface area contributed by atoms with E-state index in [4.69, 9.17) is 20.9 Å². The van der Waals surface area contributed by atoms with E-state index in [9.17, 15) is 9.18 Å². The van der Waals surface area contributed by atoms with Crippen molar-refractivity contribution in [3.63, 3.8) is 0 Å². The number of halogens is 2. The lowest BCUT2D eigenvalue weighted by atomic mass is 10.0. The number of benzene rings is 1. The fourth-order valence-electron chi connectivity index (χ4n) is 4.04. The summed E-state index contributed by atoms with van der Waals surface area (Å²) < 4.78 is 24.8. The second kappa shape index (κ2) is 15.9. The maximum atomic E-state index is 14.3. The molecular weight excluding hydrogens is 441 g/mol. The van der Waals surface area contributed by atoms with Gasteiger partial charge in [0.2, 0.25) is 0 Å². The molecule has 6 heteroatoms. The van der Waals surface area contributed by atoms with E-state index in [0.717, 1.165) is 19.3 Å². The number of ether oxygens (including phenoxy) is 1. The number of aryl methyl sites for hydroxylation is 1. The molecule has 0 unspecified atom stereocenters. The van der Waals surface area contributed by atoms with Gasteiger partial charge in [0.15, 0.2) is 0 Å². The Morgan fingerprint density at radius 3 is 2.03 bits per heavy atom. The molecule has 2 aromatic rings. The minimum Gasteiger partial charge on any atom is -0.462 e. The lowest BCUT2D eigenvalue weighted by Gasteiger charge is -2.07. The first-order valence-electron chi connectivity index (χ1n) is 12.6. The summed E-state index contributed by atoms with van der Waals surface area (Å²) in [7, 11) is 0. The Bertz CT molecular complexity index is 817. The quantitative estimate of drug-likeness (QED) is 0.168. The highest BCUT2D eigenvalue weighted by Crippen LogP contribution is 2.33. The Balaban J connectivity index is 1.59. The van der Waals surface area contributed by atoms with Gasteiger partial charge in [-0.2, -0.15) is 0 Å². The van der Waals surface area contributed by atoms with Gasteiger partial charge in [-0.15, -0.1) is 0 Å². The maximum Gasteiger partial charge on any atom is 0.344 e. The molecule has 0 saturated carbocycles. The van der Waals surface area contributed by atoms with Gasteiger partial charge < -0.3 is 9.26 Å². The number of hydrogen-bond acceptors (Lipinski definition) is 4. The molecule has 0 aliphatic rings. The second-order valence-electron chi connectivity index (χ2n) is 8.79. The minimum atomic E-state index is -0.558. The molecule has 2 rings (SSSR count). The second-order valence-corrected chi connectivity index (χ2v) is 9.20. The number of unbranched alkanes of at least 4 members (excludes halogenated alkanes) is 13. The van der Waals surface area contributed by atoms with Gasteiger partial charge in [-0.1, -0.05) is 113 Å². The van der Waals surface area contributed by atoms with E-state index in [-0.39, 0.29) is 27.6 Å². The van der Waals surface area contributed by atoms with Crippen LogP contribution < -0.4 is 0 Å². The smallest absolute Gasteiger partial charge is 0.344 e. The molecule has 0 spiro atoms. The van der Waals surface area contributed by atoms with Crippen LogP contribution in [-0.2, 0) is 4.74 Å². The zero-order valence-electron chi connectivity index (χ0n) is 20.3. The van der Waals surface area contributed by atoms with Gasteiger partial charge in [0.05, 0.1) is 17.2 Å². The van der Waals surface area contributed by atoms with Crippen LogP contribution in [0.2, 0.25) is 5.02 Å². The molecule has 33 heavy (non-hydrogen) atoms. The number of esters is 1. The monoisotopic (exact) mass is 479 g/mol. The fourth-order valence-corrected chi connectivity index (χ4v) is 4.29. The van der Waals surface area contributed by atoms with E-state index in [1.165, 1.54) is 82.8 Å². The van der Waals surface area contributed by atoms with Crippen LogP contribution in [0.4, 0.5) is 4.39 Å². The van der Waals surface area contributed by atoms with Gasteiger partial charge in [-0.3, -0.25) is 0 Å². The molecule has 1 aromatic heterocycles. The normalized spacial score (nSPS) is 11.2. The molecule has 0 saturated heterocycles. The standard InChI is InChI=1S/C27H39ClFNO3/c1-3-4-5-6-7-8-9-10-11-12-13-14-15-16-20-32-27(31)24-21(2)33-30-26(24)25-22(28)18-17-19-23(25)29/h17-19H,3-16,20H2,1-2H3. The molecule has 0 radical (unpaired) electrons. The molecule has 0 aliphatic carbocycles. The van der Waals surface area contributed by atoms with Crippen LogP contribution in [0.5, 0.6) is 0 Å². The van der Waals surface area contributed by atoms with Crippen LogP contribution in [0.1, 0.15) is 113 Å². The number of aromatic nitrogens is 1. The van der Waals surface area contributed by atoms with Crippen molar-refractivity contribution in [1.82, 2.24) is 5.16 Å². The third kappa shape index (κ3) is 9.48. The number of carbonyl (C=O) groups excluding carboxylic acids is 1. The average Bonchev–Trinajstić information content (AvgIpc) is 3.17. The van der Waals surface area contributed by atoms with Crippen LogP contribution in [0.15, 0.2) is 22.7 Å². The van der Waals surface area contributed by atoms with Gasteiger partial charge in [-0.05, 0) is 25.5 Å². The maximum absolute atomic E-state index is 14.3. The van der Waals surface area contributed by atoms with Crippen molar-refractivity contribution in [2.75, 3.05) is 6.61 Å². The van der Waals surface area contributed by atoms with Gasteiger partial charge in [0, 0.05) is 0 Å². The fraction of sp³-hybridized carbons (Fsp3) is 0.630. The molecule has 184 valence electrons. The van der Waals surface area contributed by atoms with Crippen molar-refractivity contribution >= 4 is 17.6 Å². The zero-order chi connectivity index (χ0) is 23.9. The molecule has 1 aromatic carbocycles. The molecule has 0 atom stereocenters. The van der Waals surface area contributed by atoms with Crippen LogP contribution >= 0.6 is 11.6 Å². The largest absolute Gasteiger partial charge is 0.462 e. The van der Waals surface area contributed by atoms with E-state index in [1.54, 1.807) is 13.0 Å². The highest BCUT2D eigenvalue weighted by atomic mass is 35.5. The summed E-state index contributed by atoms with van der Waals surface area (Å²) in [5, 5.41) is 4.02. The van der Waals surface area contributed by atoms with Crippen molar-refractivity contribution in [2.24, 2.45) is 0 Å². The van der Waals surface area contributed by atoms with Gasteiger partial charge in [0.1, 0.15) is 22.8 Å². The van der Waals surface area contributed by atoms with Crippen LogP contribution in [-0.4, -0.2) is 17.7 Å². The van der Waals surface area contributed by atoms with E-state index in [2.05, 4.69) is 12.1 Å². The Labute approximate surface area is 203 Å². The van der Waals surface area contributed by atoms with Crippen molar-refractivity contribution in [3.05, 3.63) is 40.4 Å². The van der Waals surface area contributed by atoms with Crippen LogP contribution in [0.3, 0.4) is 0 Å². The Kier molecular flexibility index (Phi) is 13.2. The SMILES string of the molecule is CCCCCCCCCCCCCCCCOC(=O)c1c(-c2c(F)cccc2Cl)noc1C. The van der Waals surface area contributed by atoms with Crippen molar-refractivity contribution in [3.8, 4) is 11.3 Å². The first-order valence-corrected chi connectivity index (χ1v) is 13.0. The van der Waals surface area contributed by atoms with Gasteiger partial charge in [0.25, 0.3) is 0 Å². The number of rotatable bonds is 17. The van der Waals surface area contributed by atoms with E-state index >= 15 is 0 Å². The Hall–Kier alpha value is -1.88. The van der Waals surface area contributed by atoms with Crippen LogP contribution in [0, 0.1) is 12.7 Å². The van der Waals surface area contributed by atoms with Gasteiger partial charge in [-0.25, -0.2) is 9.18 Å². The van der Waals surface area contributed by atoms with Crippen molar-refractivity contribution < 1.29 is 18.4 Å². The average molecular weight is 480 g/mol. The number of nitrogens with zero attached hydrogens (tertiary/aromatic N) is 1. The van der Waals surface area contributed by atoms with Crippen molar-refractivity contribution in [2.45, 2.75) is 104 Å². The lowest BCUT2D eigenvalue weighted by Crippen LogP contribution is -2.09. The first-order chi connectivity index (χ1) is 16.1. The van der Waals surface area contributed by atoms with Crippen LogP contribution in [0.25, 0.3) is 11.3 Å². The molecule has 0 fully saturated rings. The molecule has 0 aliphatic heterocycles. The lowest BCUT2D eigenvalue weighted by molar-refractivity contribution is 0.0496. The Morgan fingerprint density at radius 2 is 1.48 bits per heavy atom. The van der Waals surface area contributed by atoms with E-state index < -0.39 is 11.8 Å². The molecule has 0 bridgehead atoms. The molecule has 1 heterocycles. The highest BCUT2D eigenvalue weighted by molar-refractivity contribution is 6.33. The summed E-state index contributed by atoms with van der Waals surface area (Å²) in [4.78, 5) is 12.6. The minimum absolute atomic E-state index is 0.0551. The molecule has 4 nitrogen and oxygen atoms in total. The summed E-state index contributed by atoms with van der Waals surface area (Å²) in [6, 6.07) is 4.32. The van der Waals surface area contributed by atoms with Crippen molar-refractivity contribution in [1.29, 1.82) is 0 Å². The van der Waals surface area contributed by atoms with Gasteiger partial charge >= 0.3 is 5.97 Å². The number of carbonyl (C=O) groups is 1. The predicted octanol–water partition coefficient (Wildman–Crippen LogP) is 9.08. The van der Waals surface area contributed by atoms with E-state index in [0.29, 0.717) is 6.61 Å². The zero-order valence-corrected chi connectivity index (χ0v) is 21.0. The summed E-state index contributed by atoms with van der Waals surface area (Å²) in [6.45, 7) is 4.19. The summed E-state index contributed by atoms with van der Waals surface area (Å²) in [5.74, 6) is -0.829. The number of hydrogen-bond donors (Lipinski definition) is 0. The molecule has 0 N–H and O–H groups in total. The van der Waals surface area contributed by atoms with E-state index in [1.807, 2.05) is 0 Å². The summed E-state index contributed by atoms with van der Waals surface area (Å²) in [6.07, 6.45) is 17.8. The third-order valence-electron chi connectivity index (χ3n) is 6.00. The Morgan fingerprint density at radius 1 is 0.939 bits per heavy atom. The topological polar surface area (TPSA) is 52.3 Å². The predicted molar refractivity (Wildman–Crippen MR) is 132 cm³/mol. The molecule has 0 amide bonds. The third-order valence-corrected chi connectivity index (χ3v) is 6.31. The summed E-state index contributed by atoms with van der Waals surface area (Å²) >= 11 is 6.12. The first kappa shape index (κ1) is 27.4. The highest BCUT2D eigenvalue weighted by Gasteiger charge is 2.26.